The van der Waals surface area contributed by atoms with Crippen LogP contribution in [0.3, 0.4) is 0 Å². The van der Waals surface area contributed by atoms with E-state index in [1.807, 2.05) is 0 Å². The number of benzene rings is 2. The molecule has 0 radical (unpaired) electrons. The largest absolute Gasteiger partial charge is 0.494 e. The highest BCUT2D eigenvalue weighted by Gasteiger charge is 2.12. The summed E-state index contributed by atoms with van der Waals surface area (Å²) in [5.41, 5.74) is 0.991. The first-order chi connectivity index (χ1) is 13.6. The first kappa shape index (κ1) is 21.7. The minimum Gasteiger partial charge on any atom is -0.494 e. The van der Waals surface area contributed by atoms with Crippen LogP contribution >= 0.6 is 0 Å². The second kappa shape index (κ2) is 12.0. The molecule has 4 heteroatoms. The van der Waals surface area contributed by atoms with Gasteiger partial charge >= 0.3 is 5.97 Å². The summed E-state index contributed by atoms with van der Waals surface area (Å²) in [6.07, 6.45) is 10.1. The molecule has 2 aromatic carbocycles. The maximum absolute atomic E-state index is 12.5. The monoisotopic (exact) mass is 382 g/mol. The summed E-state index contributed by atoms with van der Waals surface area (Å²) in [4.78, 5) is 23.6. The molecular weight excluding hydrogens is 352 g/mol. The average Bonchev–Trinajstić information content (AvgIpc) is 2.72. The van der Waals surface area contributed by atoms with Crippen molar-refractivity contribution >= 4 is 11.8 Å². The van der Waals surface area contributed by atoms with Gasteiger partial charge in [-0.25, -0.2) is 4.79 Å². The zero-order valence-corrected chi connectivity index (χ0v) is 16.7. The van der Waals surface area contributed by atoms with Crippen LogP contribution in [0.5, 0.6) is 5.75 Å². The first-order valence-corrected chi connectivity index (χ1v) is 10.2. The number of hydrogen-bond acceptors (Lipinski definition) is 3. The SMILES string of the molecule is CCCCCCCCCCOc1ccc(C(=O)c2cccc(C(=O)O)c2)cc1. The number of ketones is 1. The third-order valence-corrected chi connectivity index (χ3v) is 4.75. The molecule has 4 nitrogen and oxygen atoms in total. The maximum Gasteiger partial charge on any atom is 0.335 e. The van der Waals surface area contributed by atoms with E-state index in [2.05, 4.69) is 6.92 Å². The van der Waals surface area contributed by atoms with Gasteiger partial charge in [-0.2, -0.15) is 0 Å². The Morgan fingerprint density at radius 1 is 0.786 bits per heavy atom. The second-order valence-corrected chi connectivity index (χ2v) is 7.06. The van der Waals surface area contributed by atoms with Gasteiger partial charge in [-0.3, -0.25) is 4.79 Å². The fourth-order valence-electron chi connectivity index (χ4n) is 3.09. The van der Waals surface area contributed by atoms with Crippen molar-refractivity contribution in [2.45, 2.75) is 58.3 Å². The van der Waals surface area contributed by atoms with Crippen LogP contribution in [0.1, 0.15) is 84.6 Å². The summed E-state index contributed by atoms with van der Waals surface area (Å²) in [5, 5.41) is 9.05. The van der Waals surface area contributed by atoms with E-state index < -0.39 is 5.97 Å². The summed E-state index contributed by atoms with van der Waals surface area (Å²) < 4.78 is 5.75. The van der Waals surface area contributed by atoms with Crippen molar-refractivity contribution in [1.29, 1.82) is 0 Å². The normalized spacial score (nSPS) is 10.6. The summed E-state index contributed by atoms with van der Waals surface area (Å²) in [6.45, 7) is 2.92. The molecule has 0 unspecified atom stereocenters. The number of ether oxygens (including phenoxy) is 1. The second-order valence-electron chi connectivity index (χ2n) is 7.06. The summed E-state index contributed by atoms with van der Waals surface area (Å²) >= 11 is 0. The van der Waals surface area contributed by atoms with Gasteiger partial charge in [0.2, 0.25) is 0 Å². The predicted molar refractivity (Wildman–Crippen MR) is 111 cm³/mol. The number of unbranched alkanes of at least 4 members (excludes halogenated alkanes) is 7. The van der Waals surface area contributed by atoms with Gasteiger partial charge in [-0.15, -0.1) is 0 Å². The van der Waals surface area contributed by atoms with Gasteiger partial charge in [0, 0.05) is 11.1 Å². The van der Waals surface area contributed by atoms with Crippen molar-refractivity contribution in [3.8, 4) is 5.75 Å². The minimum atomic E-state index is -1.04. The van der Waals surface area contributed by atoms with Crippen molar-refractivity contribution in [2.24, 2.45) is 0 Å². The van der Waals surface area contributed by atoms with E-state index in [0.29, 0.717) is 17.7 Å². The molecule has 0 heterocycles. The lowest BCUT2D eigenvalue weighted by Gasteiger charge is -2.07. The van der Waals surface area contributed by atoms with Crippen LogP contribution < -0.4 is 4.74 Å². The van der Waals surface area contributed by atoms with E-state index in [0.717, 1.165) is 12.2 Å². The van der Waals surface area contributed by atoms with Gasteiger partial charge in [0.1, 0.15) is 5.75 Å². The molecule has 0 saturated heterocycles. The Bertz CT molecular complexity index is 749. The smallest absolute Gasteiger partial charge is 0.335 e. The molecule has 2 rings (SSSR count). The zero-order chi connectivity index (χ0) is 20.2. The molecule has 0 fully saturated rings. The molecule has 0 saturated carbocycles. The standard InChI is InChI=1S/C24H30O4/c1-2-3-4-5-6-7-8-9-17-28-22-15-13-19(14-16-22)23(25)20-11-10-12-21(18-20)24(26)27/h10-16,18H,2-9,17H2,1H3,(H,26,27). The average molecular weight is 383 g/mol. The Morgan fingerprint density at radius 3 is 2.04 bits per heavy atom. The van der Waals surface area contributed by atoms with Crippen LogP contribution in [0.25, 0.3) is 0 Å². The third-order valence-electron chi connectivity index (χ3n) is 4.75. The van der Waals surface area contributed by atoms with E-state index in [4.69, 9.17) is 9.84 Å². The number of carbonyl (C=O) groups is 2. The van der Waals surface area contributed by atoms with Gasteiger partial charge in [-0.05, 0) is 42.8 Å². The molecule has 0 aliphatic heterocycles. The third kappa shape index (κ3) is 7.18. The van der Waals surface area contributed by atoms with Crippen molar-refractivity contribution in [2.75, 3.05) is 6.61 Å². The van der Waals surface area contributed by atoms with Gasteiger partial charge < -0.3 is 9.84 Å². The zero-order valence-electron chi connectivity index (χ0n) is 16.7. The molecular formula is C24H30O4. The van der Waals surface area contributed by atoms with Crippen LogP contribution in [-0.2, 0) is 0 Å². The van der Waals surface area contributed by atoms with Crippen LogP contribution in [0.2, 0.25) is 0 Å². The molecule has 0 bridgehead atoms. The fourth-order valence-corrected chi connectivity index (χ4v) is 3.09. The molecule has 28 heavy (non-hydrogen) atoms. The highest BCUT2D eigenvalue weighted by molar-refractivity contribution is 6.09. The van der Waals surface area contributed by atoms with Gasteiger partial charge in [0.05, 0.1) is 12.2 Å². The van der Waals surface area contributed by atoms with E-state index in [1.165, 1.54) is 57.1 Å². The first-order valence-electron chi connectivity index (χ1n) is 10.2. The van der Waals surface area contributed by atoms with Gasteiger partial charge in [0.15, 0.2) is 5.78 Å². The quantitative estimate of drug-likeness (QED) is 0.334. The van der Waals surface area contributed by atoms with Crippen LogP contribution in [0.4, 0.5) is 0 Å². The molecule has 0 amide bonds. The number of carbonyl (C=O) groups excluding carboxylic acids is 1. The number of aromatic carboxylic acids is 1. The van der Waals surface area contributed by atoms with E-state index >= 15 is 0 Å². The highest BCUT2D eigenvalue weighted by atomic mass is 16.5. The number of rotatable bonds is 13. The van der Waals surface area contributed by atoms with Crippen LogP contribution in [0, 0.1) is 0 Å². The number of carboxylic acid groups (broad SMARTS) is 1. The predicted octanol–water partition coefficient (Wildman–Crippen LogP) is 6.14. The topological polar surface area (TPSA) is 63.6 Å². The van der Waals surface area contributed by atoms with Gasteiger partial charge in [0.25, 0.3) is 0 Å². The number of hydrogen-bond donors (Lipinski definition) is 1. The Balaban J connectivity index is 1.75. The molecule has 2 aromatic rings. The van der Waals surface area contributed by atoms with Crippen molar-refractivity contribution < 1.29 is 19.4 Å². The van der Waals surface area contributed by atoms with Crippen molar-refractivity contribution in [3.63, 3.8) is 0 Å². The Labute approximate surface area is 167 Å². The summed E-state index contributed by atoms with van der Waals surface area (Å²) in [6, 6.07) is 13.1. The molecule has 0 aliphatic carbocycles. The van der Waals surface area contributed by atoms with Crippen LogP contribution in [0.15, 0.2) is 48.5 Å². The summed E-state index contributed by atoms with van der Waals surface area (Å²) in [7, 11) is 0. The lowest BCUT2D eigenvalue weighted by molar-refractivity contribution is 0.0697. The minimum absolute atomic E-state index is 0.108. The van der Waals surface area contributed by atoms with E-state index in [9.17, 15) is 9.59 Å². The highest BCUT2D eigenvalue weighted by Crippen LogP contribution is 2.17. The molecule has 150 valence electrons. The lowest BCUT2D eigenvalue weighted by atomic mass is 10.0. The molecule has 1 N–H and O–H groups in total. The summed E-state index contributed by atoms with van der Waals surface area (Å²) in [5.74, 6) is -0.490. The fraction of sp³-hybridized carbons (Fsp3) is 0.417. The van der Waals surface area contributed by atoms with Crippen molar-refractivity contribution in [3.05, 3.63) is 65.2 Å². The Kier molecular flexibility index (Phi) is 9.26. The Morgan fingerprint density at radius 2 is 1.39 bits per heavy atom. The van der Waals surface area contributed by atoms with Gasteiger partial charge in [-0.1, -0.05) is 64.0 Å². The Hall–Kier alpha value is -2.62. The van der Waals surface area contributed by atoms with Crippen molar-refractivity contribution in [1.82, 2.24) is 0 Å². The number of carboxylic acids is 1. The van der Waals surface area contributed by atoms with E-state index in [1.54, 1.807) is 36.4 Å². The molecule has 0 aromatic heterocycles. The van der Waals surface area contributed by atoms with E-state index in [-0.39, 0.29) is 11.3 Å². The maximum atomic E-state index is 12.5. The molecule has 0 atom stereocenters. The lowest BCUT2D eigenvalue weighted by Crippen LogP contribution is -2.04. The molecule has 0 aliphatic rings. The molecule has 0 spiro atoms. The van der Waals surface area contributed by atoms with Crippen LogP contribution in [-0.4, -0.2) is 23.5 Å².